The van der Waals surface area contributed by atoms with Crippen LogP contribution in [0, 0.1) is 3.57 Å². The van der Waals surface area contributed by atoms with E-state index in [-0.39, 0.29) is 17.1 Å². The van der Waals surface area contributed by atoms with E-state index in [1.165, 1.54) is 17.4 Å². The predicted octanol–water partition coefficient (Wildman–Crippen LogP) is 6.93. The van der Waals surface area contributed by atoms with Crippen molar-refractivity contribution in [3.05, 3.63) is 78.5 Å². The number of rotatable bonds is 2. The maximum absolute atomic E-state index is 12.7. The van der Waals surface area contributed by atoms with Gasteiger partial charge in [-0.15, -0.1) is 11.3 Å². The highest BCUT2D eigenvalue weighted by atomic mass is 127. The number of ketones is 2. The van der Waals surface area contributed by atoms with Gasteiger partial charge in [0.15, 0.2) is 11.6 Å². The molecule has 142 valence electrons. The molecule has 0 amide bonds. The molecule has 1 aliphatic rings. The van der Waals surface area contributed by atoms with Gasteiger partial charge in [-0.3, -0.25) is 9.59 Å². The zero-order valence-electron chi connectivity index (χ0n) is 14.3. The second-order valence-electron chi connectivity index (χ2n) is 6.37. The molecule has 5 rings (SSSR count). The van der Waals surface area contributed by atoms with Gasteiger partial charge in [0.1, 0.15) is 10.8 Å². The van der Waals surface area contributed by atoms with Crippen LogP contribution >= 0.6 is 57.1 Å². The van der Waals surface area contributed by atoms with Crippen LogP contribution in [-0.2, 0) is 0 Å². The molecule has 29 heavy (non-hydrogen) atoms. The van der Waals surface area contributed by atoms with Gasteiger partial charge in [-0.05, 0) is 52.9 Å². The average Bonchev–Trinajstić information content (AvgIpc) is 3.31. The number of thiazole rings is 1. The predicted molar refractivity (Wildman–Crippen MR) is 123 cm³/mol. The van der Waals surface area contributed by atoms with E-state index >= 15 is 0 Å². The van der Waals surface area contributed by atoms with Crippen LogP contribution in [0.2, 0.25) is 10.0 Å². The molecule has 0 saturated carbocycles. The van der Waals surface area contributed by atoms with Gasteiger partial charge >= 0.3 is 0 Å². The number of hydrogen-bond acceptors (Lipinski definition) is 5. The molecule has 2 aromatic heterocycles. The van der Waals surface area contributed by atoms with Gasteiger partial charge in [-0.25, -0.2) is 4.98 Å². The molecule has 0 aliphatic heterocycles. The minimum absolute atomic E-state index is 0.0670. The summed E-state index contributed by atoms with van der Waals surface area (Å²) in [5.74, 6) is -0.265. The second kappa shape index (κ2) is 7.05. The van der Waals surface area contributed by atoms with Gasteiger partial charge in [-0.1, -0.05) is 35.3 Å². The number of halogens is 3. The smallest absolute Gasteiger partial charge is 0.238 e. The number of furan rings is 1. The van der Waals surface area contributed by atoms with E-state index in [9.17, 15) is 9.59 Å². The summed E-state index contributed by atoms with van der Waals surface area (Å²) in [5, 5.41) is 1.91. The normalized spacial score (nSPS) is 14.9. The molecule has 0 saturated heterocycles. The summed E-state index contributed by atoms with van der Waals surface area (Å²) in [5.41, 5.74) is 2.15. The zero-order chi connectivity index (χ0) is 20.3. The Kier molecular flexibility index (Phi) is 4.62. The highest BCUT2D eigenvalue weighted by Crippen LogP contribution is 2.36. The van der Waals surface area contributed by atoms with Gasteiger partial charge in [0, 0.05) is 31.3 Å². The topological polar surface area (TPSA) is 60.2 Å². The molecule has 0 spiro atoms. The lowest BCUT2D eigenvalue weighted by Crippen LogP contribution is -1.99. The molecule has 0 bridgehead atoms. The first-order valence-electron chi connectivity index (χ1n) is 8.37. The van der Waals surface area contributed by atoms with Crippen molar-refractivity contribution in [2.24, 2.45) is 0 Å². The van der Waals surface area contributed by atoms with E-state index in [1.807, 2.05) is 34.7 Å². The lowest BCUT2D eigenvalue weighted by molar-refractivity contribution is 0.0990. The zero-order valence-corrected chi connectivity index (χ0v) is 18.8. The van der Waals surface area contributed by atoms with Gasteiger partial charge in [0.2, 0.25) is 5.71 Å². The van der Waals surface area contributed by atoms with Crippen LogP contribution in [0.3, 0.4) is 0 Å². The summed E-state index contributed by atoms with van der Waals surface area (Å²) in [6.07, 6.45) is 1.47. The average molecular weight is 552 g/mol. The number of Topliss-reactive ketones (excluding diaryl/α,β-unsaturated/α-hetero) is 2. The SMILES string of the molecule is O=C1/C(=C\c2cc3sc(-c4ccc(Cl)cc4)nc3o2)C(=O)c2cc(I)c(Cl)cc21. The summed E-state index contributed by atoms with van der Waals surface area (Å²) < 4.78 is 7.32. The third-order valence-corrected chi connectivity index (χ3v) is 7.33. The molecule has 4 nitrogen and oxygen atoms in total. The molecule has 0 N–H and O–H groups in total. The number of aromatic nitrogens is 1. The minimum atomic E-state index is -0.349. The first kappa shape index (κ1) is 19.0. The fourth-order valence-corrected chi connectivity index (χ4v) is 4.83. The standard InChI is InChI=1S/C21H8Cl2INO3S/c22-10-3-1-9(2-4-10)21-25-20-17(29-21)6-11(28-20)5-14-18(26)12-7-15(23)16(24)8-13(12)19(14)27/h1-8H/b14-5+. The number of allylic oxidation sites excluding steroid dienone is 1. The third-order valence-electron chi connectivity index (χ3n) is 4.53. The summed E-state index contributed by atoms with van der Waals surface area (Å²) >= 11 is 15.5. The molecular formula is C21H8Cl2INO3S. The van der Waals surface area contributed by atoms with Crippen LogP contribution in [0.4, 0.5) is 0 Å². The number of nitrogens with zero attached hydrogens (tertiary/aromatic N) is 1. The van der Waals surface area contributed by atoms with Crippen molar-refractivity contribution in [2.45, 2.75) is 0 Å². The Morgan fingerprint density at radius 3 is 2.38 bits per heavy atom. The van der Waals surface area contributed by atoms with Gasteiger partial charge in [0.05, 0.1) is 15.3 Å². The lowest BCUT2D eigenvalue weighted by Gasteiger charge is -1.98. The van der Waals surface area contributed by atoms with Gasteiger partial charge in [-0.2, -0.15) is 0 Å². The Labute approximate surface area is 192 Å². The summed E-state index contributed by atoms with van der Waals surface area (Å²) in [4.78, 5) is 29.9. The van der Waals surface area contributed by atoms with E-state index < -0.39 is 0 Å². The highest BCUT2D eigenvalue weighted by Gasteiger charge is 2.34. The van der Waals surface area contributed by atoms with E-state index in [1.54, 1.807) is 30.3 Å². The van der Waals surface area contributed by atoms with Crippen LogP contribution in [0.5, 0.6) is 0 Å². The third kappa shape index (κ3) is 3.24. The van der Waals surface area contributed by atoms with Crippen molar-refractivity contribution in [1.29, 1.82) is 0 Å². The van der Waals surface area contributed by atoms with E-state index in [0.717, 1.165) is 18.8 Å². The summed E-state index contributed by atoms with van der Waals surface area (Å²) in [6, 6.07) is 12.3. The molecule has 0 atom stereocenters. The van der Waals surface area contributed by atoms with Gasteiger partial charge in [0.25, 0.3) is 0 Å². The molecular weight excluding hydrogens is 544 g/mol. The van der Waals surface area contributed by atoms with Crippen LogP contribution in [0.15, 0.2) is 52.5 Å². The molecule has 1 aliphatic carbocycles. The van der Waals surface area contributed by atoms with Crippen molar-refractivity contribution < 1.29 is 14.0 Å². The molecule has 8 heteroatoms. The van der Waals surface area contributed by atoms with Crippen LogP contribution in [0.1, 0.15) is 26.5 Å². The van der Waals surface area contributed by atoms with Crippen LogP contribution in [0.25, 0.3) is 27.1 Å². The Morgan fingerprint density at radius 2 is 1.69 bits per heavy atom. The first-order chi connectivity index (χ1) is 13.9. The maximum Gasteiger partial charge on any atom is 0.238 e. The quantitative estimate of drug-likeness (QED) is 0.154. The second-order valence-corrected chi connectivity index (χ2v) is 9.41. The van der Waals surface area contributed by atoms with E-state index in [0.29, 0.717) is 32.6 Å². The lowest BCUT2D eigenvalue weighted by atomic mass is 10.1. The Bertz CT molecular complexity index is 1290. The summed E-state index contributed by atoms with van der Waals surface area (Å²) in [7, 11) is 0. The molecule has 4 aromatic rings. The largest absolute Gasteiger partial charge is 0.437 e. The van der Waals surface area contributed by atoms with Crippen molar-refractivity contribution >= 4 is 85.2 Å². The fourth-order valence-electron chi connectivity index (χ4n) is 3.13. The fraction of sp³-hybridized carbons (Fsp3) is 0. The van der Waals surface area contributed by atoms with Crippen molar-refractivity contribution in [3.8, 4) is 10.6 Å². The minimum Gasteiger partial charge on any atom is -0.437 e. The van der Waals surface area contributed by atoms with Crippen molar-refractivity contribution in [1.82, 2.24) is 4.98 Å². The van der Waals surface area contributed by atoms with E-state index in [4.69, 9.17) is 27.6 Å². The van der Waals surface area contributed by atoms with E-state index in [2.05, 4.69) is 4.98 Å². The van der Waals surface area contributed by atoms with Crippen molar-refractivity contribution in [3.63, 3.8) is 0 Å². The molecule has 2 aromatic carbocycles. The van der Waals surface area contributed by atoms with Gasteiger partial charge < -0.3 is 4.42 Å². The van der Waals surface area contributed by atoms with Crippen LogP contribution < -0.4 is 0 Å². The van der Waals surface area contributed by atoms with Crippen LogP contribution in [-0.4, -0.2) is 16.6 Å². The first-order valence-corrected chi connectivity index (χ1v) is 11.0. The summed E-state index contributed by atoms with van der Waals surface area (Å²) in [6.45, 7) is 0. The monoisotopic (exact) mass is 551 g/mol. The number of benzene rings is 2. The number of carbonyl (C=O) groups is 2. The Balaban J connectivity index is 1.51. The molecule has 0 radical (unpaired) electrons. The number of hydrogen-bond donors (Lipinski definition) is 0. The Morgan fingerprint density at radius 1 is 1.00 bits per heavy atom. The maximum atomic E-state index is 12.7. The van der Waals surface area contributed by atoms with Crippen molar-refractivity contribution in [2.75, 3.05) is 0 Å². The Hall–Kier alpha value is -2.00. The molecule has 0 unspecified atom stereocenters. The molecule has 2 heterocycles. The number of carbonyl (C=O) groups excluding carboxylic acids is 2. The molecule has 0 fully saturated rings. The highest BCUT2D eigenvalue weighted by molar-refractivity contribution is 14.1. The number of fused-ring (bicyclic) bond motifs is 2.